The van der Waals surface area contributed by atoms with Crippen molar-refractivity contribution in [3.8, 4) is 0 Å². The number of nitrogens with zero attached hydrogens (tertiary/aromatic N) is 2. The van der Waals surface area contributed by atoms with E-state index in [-0.39, 0.29) is 5.78 Å². The number of Topliss-reactive ketones (excluding diaryl/α,β-unsaturated/α-hetero) is 1. The fourth-order valence-electron chi connectivity index (χ4n) is 1.43. The summed E-state index contributed by atoms with van der Waals surface area (Å²) >= 11 is 0. The molecule has 1 aliphatic heterocycles. The van der Waals surface area contributed by atoms with Gasteiger partial charge in [-0.3, -0.25) is 9.59 Å². The molecule has 1 aromatic rings. The molecule has 0 spiro atoms. The number of carbonyl (C=O) groups is 2. The highest BCUT2D eigenvalue weighted by Crippen LogP contribution is 2.13. The summed E-state index contributed by atoms with van der Waals surface area (Å²) in [5, 5.41) is 0. The summed E-state index contributed by atoms with van der Waals surface area (Å²) in [7, 11) is 0. The van der Waals surface area contributed by atoms with E-state index in [0.29, 0.717) is 31.0 Å². The molecule has 1 saturated heterocycles. The van der Waals surface area contributed by atoms with Crippen molar-refractivity contribution in [1.82, 2.24) is 9.88 Å². The molecule has 5 heteroatoms. The van der Waals surface area contributed by atoms with Crippen LogP contribution < -0.4 is 0 Å². The van der Waals surface area contributed by atoms with Gasteiger partial charge in [-0.2, -0.15) is 0 Å². The van der Waals surface area contributed by atoms with E-state index in [4.69, 9.17) is 4.42 Å². The minimum absolute atomic E-state index is 0.314. The van der Waals surface area contributed by atoms with E-state index in [0.717, 1.165) is 0 Å². The minimum Gasteiger partial charge on any atom is -0.448 e. The molecule has 0 radical (unpaired) electrons. The van der Waals surface area contributed by atoms with Gasteiger partial charge in [-0.1, -0.05) is 0 Å². The topological polar surface area (TPSA) is 63.4 Å². The Morgan fingerprint density at radius 2 is 2.36 bits per heavy atom. The molecule has 0 saturated carbocycles. The van der Waals surface area contributed by atoms with Crippen molar-refractivity contribution >= 4 is 11.7 Å². The van der Waals surface area contributed by atoms with Gasteiger partial charge in [-0.25, -0.2) is 4.98 Å². The number of oxazole rings is 1. The summed E-state index contributed by atoms with van der Waals surface area (Å²) in [5.41, 5.74) is 0.716. The van der Waals surface area contributed by atoms with Crippen LogP contribution >= 0.6 is 0 Å². The zero-order chi connectivity index (χ0) is 10.1. The Bertz CT molecular complexity index is 383. The first-order valence-electron chi connectivity index (χ1n) is 4.39. The third-order valence-corrected chi connectivity index (χ3v) is 2.32. The summed E-state index contributed by atoms with van der Waals surface area (Å²) < 4.78 is 5.00. The van der Waals surface area contributed by atoms with Crippen LogP contribution in [-0.4, -0.2) is 28.1 Å². The van der Waals surface area contributed by atoms with Gasteiger partial charge in [-0.05, 0) is 6.92 Å². The first kappa shape index (κ1) is 8.93. The van der Waals surface area contributed by atoms with E-state index in [1.54, 1.807) is 6.92 Å². The fourth-order valence-corrected chi connectivity index (χ4v) is 1.43. The van der Waals surface area contributed by atoms with E-state index >= 15 is 0 Å². The molecule has 2 heterocycles. The predicted octanol–water partition coefficient (Wildman–Crippen LogP) is 0.284. The average Bonchev–Trinajstić information content (AvgIpc) is 2.68. The molecule has 0 atom stereocenters. The molecule has 1 amide bonds. The average molecular weight is 194 g/mol. The van der Waals surface area contributed by atoms with Crippen LogP contribution in [0.5, 0.6) is 0 Å². The molecule has 1 fully saturated rings. The molecule has 0 aliphatic carbocycles. The van der Waals surface area contributed by atoms with Crippen LogP contribution in [0.25, 0.3) is 0 Å². The van der Waals surface area contributed by atoms with Crippen LogP contribution in [0.3, 0.4) is 0 Å². The van der Waals surface area contributed by atoms with Crippen molar-refractivity contribution in [2.24, 2.45) is 0 Å². The van der Waals surface area contributed by atoms with Gasteiger partial charge in [0.15, 0.2) is 6.39 Å². The SMILES string of the molecule is Cc1ocnc1CN1CCC(=O)C1=O. The first-order chi connectivity index (χ1) is 6.68. The molecule has 0 unspecified atom stereocenters. The highest BCUT2D eigenvalue weighted by atomic mass is 16.3. The first-order valence-corrected chi connectivity index (χ1v) is 4.39. The number of hydrogen-bond acceptors (Lipinski definition) is 4. The maximum absolute atomic E-state index is 11.3. The highest BCUT2D eigenvalue weighted by molar-refractivity contribution is 6.37. The summed E-state index contributed by atoms with van der Waals surface area (Å²) in [5.74, 6) is -0.0318. The van der Waals surface area contributed by atoms with Crippen LogP contribution in [0.1, 0.15) is 17.9 Å². The Morgan fingerprint density at radius 3 is 2.86 bits per heavy atom. The lowest BCUT2D eigenvalue weighted by Gasteiger charge is -2.12. The second kappa shape index (κ2) is 3.25. The van der Waals surface area contributed by atoms with Crippen molar-refractivity contribution in [2.75, 3.05) is 6.54 Å². The van der Waals surface area contributed by atoms with E-state index in [1.807, 2.05) is 0 Å². The van der Waals surface area contributed by atoms with Gasteiger partial charge < -0.3 is 9.32 Å². The van der Waals surface area contributed by atoms with Gasteiger partial charge in [0.1, 0.15) is 11.5 Å². The molecule has 1 aromatic heterocycles. The number of hydrogen-bond donors (Lipinski definition) is 0. The highest BCUT2D eigenvalue weighted by Gasteiger charge is 2.29. The van der Waals surface area contributed by atoms with E-state index < -0.39 is 5.91 Å². The Balaban J connectivity index is 2.09. The van der Waals surface area contributed by atoms with Crippen LogP contribution in [0.15, 0.2) is 10.8 Å². The monoisotopic (exact) mass is 194 g/mol. The lowest BCUT2D eigenvalue weighted by Crippen LogP contribution is -2.27. The minimum atomic E-state index is -0.410. The van der Waals surface area contributed by atoms with E-state index in [2.05, 4.69) is 4.98 Å². The summed E-state index contributed by atoms with van der Waals surface area (Å²) in [4.78, 5) is 27.7. The summed E-state index contributed by atoms with van der Waals surface area (Å²) in [6.45, 7) is 2.64. The maximum atomic E-state index is 11.3. The van der Waals surface area contributed by atoms with E-state index in [9.17, 15) is 9.59 Å². The van der Waals surface area contributed by atoms with Gasteiger partial charge in [0.2, 0.25) is 5.78 Å². The quantitative estimate of drug-likeness (QED) is 0.634. The van der Waals surface area contributed by atoms with Gasteiger partial charge in [0, 0.05) is 13.0 Å². The second-order valence-corrected chi connectivity index (χ2v) is 3.26. The molecule has 2 rings (SSSR count). The Morgan fingerprint density at radius 1 is 1.57 bits per heavy atom. The smallest absolute Gasteiger partial charge is 0.290 e. The molecule has 74 valence electrons. The van der Waals surface area contributed by atoms with Gasteiger partial charge >= 0.3 is 0 Å². The fraction of sp³-hybridized carbons (Fsp3) is 0.444. The molecule has 14 heavy (non-hydrogen) atoms. The predicted molar refractivity (Wildman–Crippen MR) is 46.3 cm³/mol. The molecule has 1 aliphatic rings. The number of aryl methyl sites for hydroxylation is 1. The molecular formula is C9H10N2O3. The molecular weight excluding hydrogens is 184 g/mol. The number of aromatic nitrogens is 1. The molecule has 0 N–H and O–H groups in total. The van der Waals surface area contributed by atoms with Gasteiger partial charge in [0.05, 0.1) is 6.54 Å². The van der Waals surface area contributed by atoms with Crippen molar-refractivity contribution in [3.05, 3.63) is 17.8 Å². The van der Waals surface area contributed by atoms with Crippen molar-refractivity contribution in [2.45, 2.75) is 19.9 Å². The maximum Gasteiger partial charge on any atom is 0.290 e. The van der Waals surface area contributed by atoms with Crippen LogP contribution in [0.4, 0.5) is 0 Å². The largest absolute Gasteiger partial charge is 0.448 e. The number of likely N-dealkylation sites (tertiary alicyclic amines) is 1. The van der Waals surface area contributed by atoms with Gasteiger partial charge in [-0.15, -0.1) is 0 Å². The van der Waals surface area contributed by atoms with Crippen LogP contribution in [-0.2, 0) is 16.1 Å². The molecule has 0 aromatic carbocycles. The standard InChI is InChI=1S/C9H10N2O3/c1-6-7(10-5-14-6)4-11-3-2-8(12)9(11)13/h5H,2-4H2,1H3. The number of amides is 1. The van der Waals surface area contributed by atoms with Crippen molar-refractivity contribution in [3.63, 3.8) is 0 Å². The summed E-state index contributed by atoms with van der Waals surface area (Å²) in [6.07, 6.45) is 1.66. The lowest BCUT2D eigenvalue weighted by atomic mass is 10.3. The zero-order valence-electron chi connectivity index (χ0n) is 7.82. The molecule has 5 nitrogen and oxygen atoms in total. The third-order valence-electron chi connectivity index (χ3n) is 2.32. The second-order valence-electron chi connectivity index (χ2n) is 3.26. The lowest BCUT2D eigenvalue weighted by molar-refractivity contribution is -0.140. The van der Waals surface area contributed by atoms with Crippen LogP contribution in [0, 0.1) is 6.92 Å². The Hall–Kier alpha value is -1.65. The Kier molecular flexibility index (Phi) is 2.07. The third kappa shape index (κ3) is 1.41. The normalized spacial score (nSPS) is 16.8. The van der Waals surface area contributed by atoms with E-state index in [1.165, 1.54) is 11.3 Å². The number of carbonyl (C=O) groups excluding carboxylic acids is 2. The number of ketones is 1. The Labute approximate surface area is 80.7 Å². The zero-order valence-corrected chi connectivity index (χ0v) is 7.82. The van der Waals surface area contributed by atoms with Crippen molar-refractivity contribution in [1.29, 1.82) is 0 Å². The van der Waals surface area contributed by atoms with Gasteiger partial charge in [0.25, 0.3) is 5.91 Å². The summed E-state index contributed by atoms with van der Waals surface area (Å²) in [6, 6.07) is 0. The van der Waals surface area contributed by atoms with Crippen LogP contribution in [0.2, 0.25) is 0 Å². The molecule has 0 bridgehead atoms. The van der Waals surface area contributed by atoms with Crippen molar-refractivity contribution < 1.29 is 14.0 Å². The number of rotatable bonds is 2.